The van der Waals surface area contributed by atoms with Crippen LogP contribution in [0.2, 0.25) is 0 Å². The van der Waals surface area contributed by atoms with Gasteiger partial charge in [0.1, 0.15) is 16.9 Å². The maximum Gasteiger partial charge on any atom is 0.342 e. The number of primary amides is 1. The Labute approximate surface area is 196 Å². The second-order valence-corrected chi connectivity index (χ2v) is 8.80. The van der Waals surface area contributed by atoms with Crippen LogP contribution in [-0.2, 0) is 9.53 Å². The lowest BCUT2D eigenvalue weighted by atomic mass is 10.1. The number of para-hydroxylation sites is 1. The van der Waals surface area contributed by atoms with E-state index in [-0.39, 0.29) is 29.4 Å². The molecule has 3 N–H and O–H groups in total. The van der Waals surface area contributed by atoms with Crippen LogP contribution < -0.4 is 11.1 Å². The Morgan fingerprint density at radius 1 is 1.15 bits per heavy atom. The van der Waals surface area contributed by atoms with Crippen molar-refractivity contribution in [3.8, 4) is 0 Å². The van der Waals surface area contributed by atoms with Crippen molar-refractivity contribution in [3.05, 3.63) is 52.3 Å². The zero-order chi connectivity index (χ0) is 24.3. The van der Waals surface area contributed by atoms with Crippen molar-refractivity contribution in [2.24, 2.45) is 5.73 Å². The zero-order valence-electron chi connectivity index (χ0n) is 19.3. The number of nitrogens with one attached hydrogen (secondary N) is 1. The van der Waals surface area contributed by atoms with Crippen molar-refractivity contribution >= 4 is 46.3 Å². The summed E-state index contributed by atoms with van der Waals surface area (Å²) in [4.78, 5) is 42.1. The molecule has 9 heteroatoms. The van der Waals surface area contributed by atoms with Gasteiger partial charge in [0.25, 0.3) is 5.91 Å². The van der Waals surface area contributed by atoms with Gasteiger partial charge in [0.15, 0.2) is 0 Å². The lowest BCUT2D eigenvalue weighted by Gasteiger charge is -2.15. The highest BCUT2D eigenvalue weighted by Gasteiger charge is 2.30. The average Bonchev–Trinajstić information content (AvgIpc) is 3.08. The average molecular weight is 470 g/mol. The molecule has 0 aliphatic carbocycles. The Bertz CT molecular complexity index is 1230. The Hall–Kier alpha value is -3.33. The van der Waals surface area contributed by atoms with E-state index in [1.807, 2.05) is 45.0 Å². The maximum absolute atomic E-state index is 13.1. The fraction of sp³-hybridized carbons (Fsp3) is 0.333. The molecule has 1 atom stereocenters. The number of thioether (sulfide) groups is 1. The molecule has 174 valence electrons. The number of esters is 1. The van der Waals surface area contributed by atoms with E-state index < -0.39 is 23.0 Å². The van der Waals surface area contributed by atoms with Crippen molar-refractivity contribution in [2.75, 3.05) is 11.9 Å². The minimum Gasteiger partial charge on any atom is -0.462 e. The van der Waals surface area contributed by atoms with Crippen LogP contribution in [-0.4, -0.2) is 34.6 Å². The number of rotatable bonds is 8. The number of hydrogen-bond acceptors (Lipinski definition) is 7. The van der Waals surface area contributed by atoms with Gasteiger partial charge in [0.2, 0.25) is 11.8 Å². The van der Waals surface area contributed by atoms with Crippen LogP contribution in [0.1, 0.15) is 57.9 Å². The number of pyridine rings is 1. The standard InChI is InChI=1S/C24H27N3O5S/c1-6-16(33-17-11-13(4)15-10-8-9-12(3)20(15)26-17)22(29)27-23-19(21(25)28)18(14(5)32-23)24(30)31-7-2/h8-11,16H,6-7H2,1-5H3,(H2,25,28)(H,27,29). The largest absolute Gasteiger partial charge is 0.462 e. The fourth-order valence-electron chi connectivity index (χ4n) is 3.57. The van der Waals surface area contributed by atoms with Crippen LogP contribution in [0.4, 0.5) is 5.88 Å². The number of carbonyl (C=O) groups excluding carboxylic acids is 3. The quantitative estimate of drug-likeness (QED) is 0.366. The molecule has 8 nitrogen and oxygen atoms in total. The second-order valence-electron chi connectivity index (χ2n) is 7.57. The molecule has 3 rings (SSSR count). The van der Waals surface area contributed by atoms with Gasteiger partial charge in [-0.25, -0.2) is 9.78 Å². The number of aromatic nitrogens is 1. The third-order valence-corrected chi connectivity index (χ3v) is 6.48. The first-order chi connectivity index (χ1) is 15.7. The lowest BCUT2D eigenvalue weighted by molar-refractivity contribution is -0.115. The SMILES string of the molecule is CCOC(=O)c1c(C)oc(NC(=O)C(CC)Sc2cc(C)c3cccc(C)c3n2)c1C(N)=O. The number of amides is 2. The predicted octanol–water partition coefficient (Wildman–Crippen LogP) is 4.54. The molecular formula is C24H27N3O5S. The topological polar surface area (TPSA) is 125 Å². The van der Waals surface area contributed by atoms with Gasteiger partial charge in [0.05, 0.1) is 22.4 Å². The molecule has 0 aliphatic rings. The number of ether oxygens (including phenoxy) is 1. The van der Waals surface area contributed by atoms with Crippen molar-refractivity contribution in [1.82, 2.24) is 4.98 Å². The van der Waals surface area contributed by atoms with Crippen LogP contribution in [0.5, 0.6) is 0 Å². The molecule has 0 saturated carbocycles. The number of fused-ring (bicyclic) bond motifs is 1. The third-order valence-electron chi connectivity index (χ3n) is 5.20. The molecule has 2 heterocycles. The molecule has 1 unspecified atom stereocenters. The van der Waals surface area contributed by atoms with Crippen molar-refractivity contribution in [3.63, 3.8) is 0 Å². The molecular weight excluding hydrogens is 442 g/mol. The fourth-order valence-corrected chi connectivity index (χ4v) is 4.58. The number of furan rings is 1. The third kappa shape index (κ3) is 5.03. The maximum atomic E-state index is 13.1. The monoisotopic (exact) mass is 469 g/mol. The molecule has 0 fully saturated rings. The molecule has 2 aromatic heterocycles. The molecule has 0 saturated heterocycles. The van der Waals surface area contributed by atoms with Crippen LogP contribution in [0.15, 0.2) is 33.7 Å². The van der Waals surface area contributed by atoms with E-state index in [0.717, 1.165) is 22.0 Å². The Balaban J connectivity index is 1.89. The summed E-state index contributed by atoms with van der Waals surface area (Å²) in [7, 11) is 0. The first-order valence-corrected chi connectivity index (χ1v) is 11.5. The van der Waals surface area contributed by atoms with Gasteiger partial charge in [-0.1, -0.05) is 36.9 Å². The number of nitrogens with two attached hydrogens (primary N) is 1. The molecule has 0 bridgehead atoms. The second kappa shape index (κ2) is 10.1. The van der Waals surface area contributed by atoms with E-state index in [1.54, 1.807) is 6.92 Å². The smallest absolute Gasteiger partial charge is 0.342 e. The first kappa shape index (κ1) is 24.3. The van der Waals surface area contributed by atoms with Gasteiger partial charge in [-0.2, -0.15) is 0 Å². The van der Waals surface area contributed by atoms with Crippen molar-refractivity contribution in [1.29, 1.82) is 0 Å². The lowest BCUT2D eigenvalue weighted by Crippen LogP contribution is -2.26. The van der Waals surface area contributed by atoms with Crippen molar-refractivity contribution in [2.45, 2.75) is 51.3 Å². The minimum atomic E-state index is -0.895. The summed E-state index contributed by atoms with van der Waals surface area (Å²) in [6.45, 7) is 9.16. The number of hydrogen-bond donors (Lipinski definition) is 2. The molecule has 0 aliphatic heterocycles. The van der Waals surface area contributed by atoms with Crippen LogP contribution >= 0.6 is 11.8 Å². The van der Waals surface area contributed by atoms with E-state index in [4.69, 9.17) is 19.9 Å². The summed E-state index contributed by atoms with van der Waals surface area (Å²) in [5, 5.41) is 3.89. The summed E-state index contributed by atoms with van der Waals surface area (Å²) in [6, 6.07) is 7.97. The van der Waals surface area contributed by atoms with Gasteiger partial charge in [-0.3, -0.25) is 14.9 Å². The highest BCUT2D eigenvalue weighted by Crippen LogP contribution is 2.32. The number of carbonyl (C=O) groups is 3. The summed E-state index contributed by atoms with van der Waals surface area (Å²) >= 11 is 1.32. The van der Waals surface area contributed by atoms with E-state index >= 15 is 0 Å². The minimum absolute atomic E-state index is 0.0809. The predicted molar refractivity (Wildman–Crippen MR) is 128 cm³/mol. The first-order valence-electron chi connectivity index (χ1n) is 10.6. The van der Waals surface area contributed by atoms with Gasteiger partial charge < -0.3 is 14.9 Å². The van der Waals surface area contributed by atoms with E-state index in [2.05, 4.69) is 5.32 Å². The molecule has 0 radical (unpaired) electrons. The highest BCUT2D eigenvalue weighted by molar-refractivity contribution is 8.00. The Morgan fingerprint density at radius 2 is 1.88 bits per heavy atom. The van der Waals surface area contributed by atoms with Crippen LogP contribution in [0, 0.1) is 20.8 Å². The van der Waals surface area contributed by atoms with Crippen molar-refractivity contribution < 1.29 is 23.5 Å². The number of anilines is 1. The Morgan fingerprint density at radius 3 is 2.52 bits per heavy atom. The van der Waals surface area contributed by atoms with Gasteiger partial charge >= 0.3 is 5.97 Å². The van der Waals surface area contributed by atoms with E-state index in [1.165, 1.54) is 18.7 Å². The number of benzene rings is 1. The van der Waals surface area contributed by atoms with E-state index in [0.29, 0.717) is 11.4 Å². The normalized spacial score (nSPS) is 11.9. The molecule has 1 aromatic carbocycles. The zero-order valence-corrected chi connectivity index (χ0v) is 20.1. The highest BCUT2D eigenvalue weighted by atomic mass is 32.2. The van der Waals surface area contributed by atoms with Crippen LogP contribution in [0.25, 0.3) is 10.9 Å². The van der Waals surface area contributed by atoms with Crippen LogP contribution in [0.3, 0.4) is 0 Å². The number of aryl methyl sites for hydroxylation is 3. The summed E-state index contributed by atoms with van der Waals surface area (Å²) in [5.41, 5.74) is 8.22. The Kier molecular flexibility index (Phi) is 7.43. The van der Waals surface area contributed by atoms with E-state index in [9.17, 15) is 14.4 Å². The summed E-state index contributed by atoms with van der Waals surface area (Å²) in [6.07, 6.45) is 0.499. The van der Waals surface area contributed by atoms with Gasteiger partial charge in [-0.05, 0) is 51.3 Å². The molecule has 0 spiro atoms. The summed E-state index contributed by atoms with van der Waals surface area (Å²) in [5.74, 6) is -2.04. The van der Waals surface area contributed by atoms with Gasteiger partial charge in [-0.15, -0.1) is 0 Å². The molecule has 2 amide bonds. The molecule has 3 aromatic rings. The van der Waals surface area contributed by atoms with Gasteiger partial charge in [0, 0.05) is 5.39 Å². The molecule has 33 heavy (non-hydrogen) atoms. The summed E-state index contributed by atoms with van der Waals surface area (Å²) < 4.78 is 10.5. The number of nitrogens with zero attached hydrogens (tertiary/aromatic N) is 1.